The number of hydrogen-bond donors (Lipinski definition) is 2. The highest BCUT2D eigenvalue weighted by Gasteiger charge is 2.29. The van der Waals surface area contributed by atoms with Crippen LogP contribution in [-0.2, 0) is 10.8 Å². The van der Waals surface area contributed by atoms with Crippen molar-refractivity contribution in [2.75, 3.05) is 11.0 Å². The Morgan fingerprint density at radius 3 is 2.29 bits per heavy atom. The van der Waals surface area contributed by atoms with E-state index in [1.54, 1.807) is 0 Å². The largest absolute Gasteiger partial charge is 0.313 e. The molecular formula is C22H28N8S. The fraction of sp³-hybridized carbons (Fsp3) is 0.409. The third-order valence-corrected chi connectivity index (χ3v) is 5.02. The lowest BCUT2D eigenvalue weighted by Crippen LogP contribution is -2.13. The lowest BCUT2D eigenvalue weighted by Gasteiger charge is -2.16. The quantitative estimate of drug-likeness (QED) is 0.367. The zero-order chi connectivity index (χ0) is 22.8. The van der Waals surface area contributed by atoms with E-state index >= 15 is 0 Å². The highest BCUT2D eigenvalue weighted by molar-refractivity contribution is 7.99. The van der Waals surface area contributed by atoms with Crippen molar-refractivity contribution in [2.24, 2.45) is 10.2 Å². The van der Waals surface area contributed by atoms with Gasteiger partial charge in [-0.2, -0.15) is 15.5 Å². The van der Waals surface area contributed by atoms with Crippen molar-refractivity contribution >= 4 is 29.3 Å². The standard InChI is InChI=1S/C22H28N8S/c1-21(2,3)17-15(13-23)19(27-25-17)26-24-16-18(22(4,5)6)28-30(20(16)29-31-7)14-11-9-8-10-12-14/h8-12,29H,1-7H3,(H,25,27). The van der Waals surface area contributed by atoms with Crippen LogP contribution >= 0.6 is 11.9 Å². The topological polar surface area (TPSA) is 107 Å². The molecule has 9 heteroatoms. The van der Waals surface area contributed by atoms with Crippen molar-refractivity contribution in [2.45, 2.75) is 52.4 Å². The summed E-state index contributed by atoms with van der Waals surface area (Å²) in [7, 11) is 0. The summed E-state index contributed by atoms with van der Waals surface area (Å²) in [5.41, 5.74) is 2.94. The number of hydrogen-bond acceptors (Lipinski definition) is 7. The molecule has 0 saturated heterocycles. The molecule has 0 spiro atoms. The Hall–Kier alpha value is -3.12. The highest BCUT2D eigenvalue weighted by Crippen LogP contribution is 2.40. The molecule has 0 amide bonds. The van der Waals surface area contributed by atoms with E-state index in [2.05, 4.69) is 52.0 Å². The Morgan fingerprint density at radius 2 is 1.74 bits per heavy atom. The molecule has 8 nitrogen and oxygen atoms in total. The second kappa shape index (κ2) is 8.55. The van der Waals surface area contributed by atoms with Crippen molar-refractivity contribution in [3.05, 3.63) is 47.3 Å². The molecule has 0 unspecified atom stereocenters. The predicted molar refractivity (Wildman–Crippen MR) is 126 cm³/mol. The van der Waals surface area contributed by atoms with Crippen molar-refractivity contribution < 1.29 is 0 Å². The number of aromatic amines is 1. The van der Waals surface area contributed by atoms with E-state index in [0.29, 0.717) is 11.3 Å². The maximum atomic E-state index is 9.68. The number of H-pyrrole nitrogens is 1. The van der Waals surface area contributed by atoms with Crippen LogP contribution in [0.1, 0.15) is 58.5 Å². The Labute approximate surface area is 187 Å². The number of rotatable bonds is 5. The van der Waals surface area contributed by atoms with Crippen LogP contribution in [0.2, 0.25) is 0 Å². The van der Waals surface area contributed by atoms with E-state index in [9.17, 15) is 5.26 Å². The Morgan fingerprint density at radius 1 is 1.06 bits per heavy atom. The molecule has 31 heavy (non-hydrogen) atoms. The van der Waals surface area contributed by atoms with Crippen LogP contribution in [0.15, 0.2) is 40.6 Å². The molecule has 0 saturated carbocycles. The summed E-state index contributed by atoms with van der Waals surface area (Å²) in [6.45, 7) is 12.3. The summed E-state index contributed by atoms with van der Waals surface area (Å²) in [5, 5.41) is 30.6. The number of aromatic nitrogens is 4. The molecule has 0 fully saturated rings. The fourth-order valence-corrected chi connectivity index (χ4v) is 3.48. The normalized spacial score (nSPS) is 12.3. The molecule has 0 aliphatic heterocycles. The predicted octanol–water partition coefficient (Wildman–Crippen LogP) is 6.17. The zero-order valence-electron chi connectivity index (χ0n) is 19.0. The van der Waals surface area contributed by atoms with Gasteiger partial charge in [0, 0.05) is 17.1 Å². The maximum Gasteiger partial charge on any atom is 0.213 e. The van der Waals surface area contributed by atoms with Crippen molar-refractivity contribution in [1.29, 1.82) is 5.26 Å². The van der Waals surface area contributed by atoms with Gasteiger partial charge in [-0.25, -0.2) is 4.68 Å². The molecule has 0 bridgehead atoms. The number of anilines is 1. The second-order valence-electron chi connectivity index (χ2n) is 9.21. The summed E-state index contributed by atoms with van der Waals surface area (Å²) in [5.74, 6) is 0.993. The van der Waals surface area contributed by atoms with Crippen LogP contribution < -0.4 is 4.72 Å². The maximum absolute atomic E-state index is 9.68. The number of nitrogens with zero attached hydrogens (tertiary/aromatic N) is 6. The van der Waals surface area contributed by atoms with Gasteiger partial charge in [-0.1, -0.05) is 71.7 Å². The minimum absolute atomic E-state index is 0.258. The molecule has 0 radical (unpaired) electrons. The first-order valence-corrected chi connectivity index (χ1v) is 11.2. The molecule has 162 valence electrons. The van der Waals surface area contributed by atoms with Gasteiger partial charge in [0.2, 0.25) is 5.82 Å². The third-order valence-electron chi connectivity index (χ3n) is 4.62. The Bertz CT molecular complexity index is 1120. The van der Waals surface area contributed by atoms with E-state index in [1.807, 2.05) is 62.0 Å². The average Bonchev–Trinajstić information content (AvgIpc) is 3.28. The van der Waals surface area contributed by atoms with E-state index in [-0.39, 0.29) is 16.6 Å². The molecule has 3 aromatic rings. The van der Waals surface area contributed by atoms with Gasteiger partial charge >= 0.3 is 0 Å². The number of nitrogens with one attached hydrogen (secondary N) is 2. The van der Waals surface area contributed by atoms with Crippen LogP contribution in [0.25, 0.3) is 5.69 Å². The smallest absolute Gasteiger partial charge is 0.213 e. The molecule has 0 aliphatic carbocycles. The van der Waals surface area contributed by atoms with Gasteiger partial charge in [-0.3, -0.25) is 5.10 Å². The lowest BCUT2D eigenvalue weighted by molar-refractivity contribution is 0.561. The SMILES string of the molecule is CSNc1c(N=Nc2n[nH]c(C(C)(C)C)c2C#N)c(C(C)(C)C)nn1-c1ccccc1. The molecule has 0 aliphatic rings. The van der Waals surface area contributed by atoms with Gasteiger partial charge in [0.05, 0.1) is 17.1 Å². The molecule has 2 aromatic heterocycles. The molecule has 0 atom stereocenters. The van der Waals surface area contributed by atoms with Gasteiger partial charge in [-0.05, 0) is 12.1 Å². The highest BCUT2D eigenvalue weighted by atomic mass is 32.2. The molecular weight excluding hydrogens is 408 g/mol. The number of nitriles is 1. The van der Waals surface area contributed by atoms with Gasteiger partial charge in [0.15, 0.2) is 11.5 Å². The molecule has 1 aromatic carbocycles. The summed E-state index contributed by atoms with van der Waals surface area (Å²) in [4.78, 5) is 0. The van der Waals surface area contributed by atoms with Crippen molar-refractivity contribution in [1.82, 2.24) is 20.0 Å². The minimum Gasteiger partial charge on any atom is -0.313 e. The van der Waals surface area contributed by atoms with Crippen molar-refractivity contribution in [3.8, 4) is 11.8 Å². The van der Waals surface area contributed by atoms with E-state index in [1.165, 1.54) is 11.9 Å². The van der Waals surface area contributed by atoms with Crippen molar-refractivity contribution in [3.63, 3.8) is 0 Å². The summed E-state index contributed by atoms with van der Waals surface area (Å²) >= 11 is 1.45. The summed E-state index contributed by atoms with van der Waals surface area (Å²) in [6, 6.07) is 12.1. The van der Waals surface area contributed by atoms with Crippen LogP contribution in [0.5, 0.6) is 0 Å². The van der Waals surface area contributed by atoms with Crippen LogP contribution in [-0.4, -0.2) is 26.2 Å². The van der Waals surface area contributed by atoms with Crippen LogP contribution in [0.3, 0.4) is 0 Å². The molecule has 2 heterocycles. The molecule has 3 rings (SSSR count). The van der Waals surface area contributed by atoms with E-state index < -0.39 is 0 Å². The number of para-hydroxylation sites is 1. The van der Waals surface area contributed by atoms with Gasteiger partial charge < -0.3 is 4.72 Å². The van der Waals surface area contributed by atoms with E-state index in [0.717, 1.165) is 22.9 Å². The fourth-order valence-electron chi connectivity index (χ4n) is 3.10. The lowest BCUT2D eigenvalue weighted by atomic mass is 9.90. The number of benzene rings is 1. The monoisotopic (exact) mass is 436 g/mol. The third kappa shape index (κ3) is 4.64. The first-order valence-electron chi connectivity index (χ1n) is 9.96. The molecule has 2 N–H and O–H groups in total. The Balaban J connectivity index is 2.18. The first-order chi connectivity index (χ1) is 14.6. The second-order valence-corrected chi connectivity index (χ2v) is 9.82. The van der Waals surface area contributed by atoms with Gasteiger partial charge in [0.1, 0.15) is 11.6 Å². The first kappa shape index (κ1) is 22.6. The summed E-state index contributed by atoms with van der Waals surface area (Å²) in [6.07, 6.45) is 1.94. The summed E-state index contributed by atoms with van der Waals surface area (Å²) < 4.78 is 5.14. The van der Waals surface area contributed by atoms with Gasteiger partial charge in [0.25, 0.3) is 0 Å². The number of azo groups is 1. The average molecular weight is 437 g/mol. The Kier molecular flexibility index (Phi) is 6.23. The zero-order valence-corrected chi connectivity index (χ0v) is 19.8. The van der Waals surface area contributed by atoms with Crippen LogP contribution in [0, 0.1) is 11.3 Å². The van der Waals surface area contributed by atoms with Crippen LogP contribution in [0.4, 0.5) is 17.3 Å². The minimum atomic E-state index is -0.274. The van der Waals surface area contributed by atoms with E-state index in [4.69, 9.17) is 5.10 Å². The van der Waals surface area contributed by atoms with Gasteiger partial charge in [-0.15, -0.1) is 10.2 Å².